The van der Waals surface area contributed by atoms with Gasteiger partial charge in [-0.3, -0.25) is 9.59 Å². The third-order valence-corrected chi connectivity index (χ3v) is 5.36. The Balaban J connectivity index is 2.39. The van der Waals surface area contributed by atoms with E-state index in [2.05, 4.69) is 5.32 Å². The van der Waals surface area contributed by atoms with Gasteiger partial charge in [0.05, 0.1) is 14.2 Å². The van der Waals surface area contributed by atoms with E-state index >= 15 is 0 Å². The number of ether oxygens (including phenoxy) is 2. The first-order valence-electron chi connectivity index (χ1n) is 9.93. The first-order valence-corrected chi connectivity index (χ1v) is 10.5. The van der Waals surface area contributed by atoms with Gasteiger partial charge in [-0.25, -0.2) is 0 Å². The predicted octanol–water partition coefficient (Wildman–Crippen LogP) is 3.67. The molecule has 1 aliphatic rings. The van der Waals surface area contributed by atoms with E-state index in [-0.39, 0.29) is 23.7 Å². The van der Waals surface area contributed by atoms with Gasteiger partial charge in [-0.1, -0.05) is 32.3 Å². The van der Waals surface area contributed by atoms with E-state index in [1.165, 1.54) is 6.42 Å². The SMILES string of the molecule is CCCN(C(=O)CCl)C(C(=O)NC1CCCCC1)c1ccc(OC)c(OC)c1. The van der Waals surface area contributed by atoms with Crippen LogP contribution in [0.25, 0.3) is 0 Å². The molecule has 6 nitrogen and oxygen atoms in total. The predicted molar refractivity (Wildman–Crippen MR) is 110 cm³/mol. The number of halogens is 1. The van der Waals surface area contributed by atoms with Gasteiger partial charge in [0, 0.05) is 12.6 Å². The summed E-state index contributed by atoms with van der Waals surface area (Å²) in [4.78, 5) is 27.4. The van der Waals surface area contributed by atoms with Crippen molar-refractivity contribution in [2.24, 2.45) is 0 Å². The van der Waals surface area contributed by atoms with Crippen LogP contribution in [0.3, 0.4) is 0 Å². The molecule has 0 bridgehead atoms. The molecule has 2 amide bonds. The van der Waals surface area contributed by atoms with Crippen molar-refractivity contribution in [3.05, 3.63) is 23.8 Å². The first kappa shape index (κ1) is 22.3. The number of hydrogen-bond acceptors (Lipinski definition) is 4. The minimum atomic E-state index is -0.757. The van der Waals surface area contributed by atoms with Crippen molar-refractivity contribution in [3.8, 4) is 11.5 Å². The minimum absolute atomic E-state index is 0.151. The molecular weight excluding hydrogens is 380 g/mol. The second-order valence-corrected chi connectivity index (χ2v) is 7.35. The van der Waals surface area contributed by atoms with Gasteiger partial charge in [-0.2, -0.15) is 0 Å². The van der Waals surface area contributed by atoms with E-state index < -0.39 is 6.04 Å². The lowest BCUT2D eigenvalue weighted by Crippen LogP contribution is -2.47. The van der Waals surface area contributed by atoms with E-state index in [9.17, 15) is 9.59 Å². The summed E-state index contributed by atoms with van der Waals surface area (Å²) in [5.41, 5.74) is 0.679. The van der Waals surface area contributed by atoms with E-state index in [1.54, 1.807) is 37.3 Å². The molecule has 2 rings (SSSR count). The highest BCUT2D eigenvalue weighted by Gasteiger charge is 2.32. The Hall–Kier alpha value is -1.95. The Morgan fingerprint density at radius 1 is 1.18 bits per heavy atom. The molecule has 0 heterocycles. The van der Waals surface area contributed by atoms with Crippen molar-refractivity contribution in [2.75, 3.05) is 26.6 Å². The maximum Gasteiger partial charge on any atom is 0.247 e. The van der Waals surface area contributed by atoms with Gasteiger partial charge in [-0.15, -0.1) is 11.6 Å². The maximum absolute atomic E-state index is 13.3. The standard InChI is InChI=1S/C21H31ClN2O4/c1-4-12-24(19(25)14-22)20(21(26)23-16-8-6-5-7-9-16)15-10-11-17(27-2)18(13-15)28-3/h10-11,13,16,20H,4-9,12,14H2,1-3H3,(H,23,26). The van der Waals surface area contributed by atoms with Crippen LogP contribution in [0.4, 0.5) is 0 Å². The number of nitrogens with zero attached hydrogens (tertiary/aromatic N) is 1. The van der Waals surface area contributed by atoms with Crippen molar-refractivity contribution < 1.29 is 19.1 Å². The number of carbonyl (C=O) groups excluding carboxylic acids is 2. The highest BCUT2D eigenvalue weighted by Crippen LogP contribution is 2.33. The third-order valence-electron chi connectivity index (χ3n) is 5.13. The molecule has 1 aromatic carbocycles. The number of methoxy groups -OCH3 is 2. The molecule has 1 N–H and O–H groups in total. The van der Waals surface area contributed by atoms with Gasteiger partial charge < -0.3 is 19.7 Å². The number of rotatable bonds is 9. The monoisotopic (exact) mass is 410 g/mol. The van der Waals surface area contributed by atoms with Crippen LogP contribution in [0.1, 0.15) is 57.1 Å². The first-order chi connectivity index (χ1) is 13.5. The lowest BCUT2D eigenvalue weighted by molar-refractivity contribution is -0.139. The summed E-state index contributed by atoms with van der Waals surface area (Å²) in [7, 11) is 3.11. The van der Waals surface area contributed by atoms with Crippen LogP contribution < -0.4 is 14.8 Å². The molecule has 0 aliphatic heterocycles. The summed E-state index contributed by atoms with van der Waals surface area (Å²) in [5.74, 6) is 0.488. The van der Waals surface area contributed by atoms with Gasteiger partial charge in [-0.05, 0) is 37.0 Å². The van der Waals surface area contributed by atoms with Gasteiger partial charge in [0.15, 0.2) is 11.5 Å². The summed E-state index contributed by atoms with van der Waals surface area (Å²) in [6, 6.07) is 4.71. The summed E-state index contributed by atoms with van der Waals surface area (Å²) in [6.45, 7) is 2.42. The Morgan fingerprint density at radius 2 is 1.86 bits per heavy atom. The van der Waals surface area contributed by atoms with E-state index in [0.29, 0.717) is 23.6 Å². The zero-order valence-corrected chi connectivity index (χ0v) is 17.8. The molecule has 1 unspecified atom stereocenters. The highest BCUT2D eigenvalue weighted by molar-refractivity contribution is 6.27. The van der Waals surface area contributed by atoms with E-state index in [4.69, 9.17) is 21.1 Å². The molecule has 1 aromatic rings. The van der Waals surface area contributed by atoms with Crippen molar-refractivity contribution >= 4 is 23.4 Å². The molecule has 1 aliphatic carbocycles. The second kappa shape index (κ2) is 11.1. The van der Waals surface area contributed by atoms with Crippen LogP contribution in [0.2, 0.25) is 0 Å². The maximum atomic E-state index is 13.3. The fraction of sp³-hybridized carbons (Fsp3) is 0.619. The van der Waals surface area contributed by atoms with Gasteiger partial charge >= 0.3 is 0 Å². The van der Waals surface area contributed by atoms with Gasteiger partial charge in [0.25, 0.3) is 0 Å². The molecule has 156 valence electrons. The van der Waals surface area contributed by atoms with Crippen LogP contribution in [-0.2, 0) is 9.59 Å². The summed E-state index contributed by atoms with van der Waals surface area (Å²) in [6.07, 6.45) is 6.11. The lowest BCUT2D eigenvalue weighted by Gasteiger charge is -2.33. The number of nitrogens with one attached hydrogen (secondary N) is 1. The summed E-state index contributed by atoms with van der Waals surface area (Å²) >= 11 is 5.85. The average molecular weight is 411 g/mol. The smallest absolute Gasteiger partial charge is 0.247 e. The third kappa shape index (κ3) is 5.53. The number of hydrogen-bond donors (Lipinski definition) is 1. The molecule has 7 heteroatoms. The van der Waals surface area contributed by atoms with E-state index in [0.717, 1.165) is 32.1 Å². The number of amides is 2. The van der Waals surface area contributed by atoms with Crippen LogP contribution in [0.5, 0.6) is 11.5 Å². The fourth-order valence-corrected chi connectivity index (χ4v) is 3.89. The normalized spacial score (nSPS) is 15.6. The van der Waals surface area contributed by atoms with Crippen molar-refractivity contribution in [1.82, 2.24) is 10.2 Å². The quantitative estimate of drug-likeness (QED) is 0.630. The second-order valence-electron chi connectivity index (χ2n) is 7.08. The lowest BCUT2D eigenvalue weighted by atomic mass is 9.94. The Bertz CT molecular complexity index is 662. The molecule has 0 spiro atoms. The molecule has 0 aromatic heterocycles. The number of alkyl halides is 1. The molecular formula is C21H31ClN2O4. The Morgan fingerprint density at radius 3 is 2.43 bits per heavy atom. The Kier molecular flexibility index (Phi) is 8.90. The number of carbonyl (C=O) groups is 2. The molecule has 1 atom stereocenters. The fourth-order valence-electron chi connectivity index (χ4n) is 3.74. The zero-order chi connectivity index (χ0) is 20.5. The summed E-state index contributed by atoms with van der Waals surface area (Å²) < 4.78 is 10.7. The highest BCUT2D eigenvalue weighted by atomic mass is 35.5. The minimum Gasteiger partial charge on any atom is -0.493 e. The summed E-state index contributed by atoms with van der Waals surface area (Å²) in [5, 5.41) is 3.15. The number of benzene rings is 1. The molecule has 0 saturated heterocycles. The van der Waals surface area contributed by atoms with Gasteiger partial charge in [0.1, 0.15) is 11.9 Å². The topological polar surface area (TPSA) is 67.9 Å². The van der Waals surface area contributed by atoms with Crippen molar-refractivity contribution in [2.45, 2.75) is 57.5 Å². The van der Waals surface area contributed by atoms with Crippen LogP contribution in [0.15, 0.2) is 18.2 Å². The van der Waals surface area contributed by atoms with E-state index in [1.807, 2.05) is 6.92 Å². The van der Waals surface area contributed by atoms with Crippen LogP contribution in [-0.4, -0.2) is 49.4 Å². The Labute approximate surface area is 172 Å². The molecule has 1 fully saturated rings. The largest absolute Gasteiger partial charge is 0.493 e. The van der Waals surface area contributed by atoms with Crippen LogP contribution in [0, 0.1) is 0 Å². The molecule has 1 saturated carbocycles. The van der Waals surface area contributed by atoms with Crippen molar-refractivity contribution in [1.29, 1.82) is 0 Å². The average Bonchev–Trinajstić information content (AvgIpc) is 2.73. The zero-order valence-electron chi connectivity index (χ0n) is 17.0. The van der Waals surface area contributed by atoms with Crippen LogP contribution >= 0.6 is 11.6 Å². The molecule has 0 radical (unpaired) electrons. The molecule has 28 heavy (non-hydrogen) atoms. The van der Waals surface area contributed by atoms with Crippen molar-refractivity contribution in [3.63, 3.8) is 0 Å². The van der Waals surface area contributed by atoms with Gasteiger partial charge in [0.2, 0.25) is 11.8 Å².